The molecule has 0 spiro atoms. The van der Waals surface area contributed by atoms with E-state index in [4.69, 9.17) is 27.9 Å². The van der Waals surface area contributed by atoms with Gasteiger partial charge in [0, 0.05) is 13.1 Å². The normalized spacial score (nSPS) is 16.9. The van der Waals surface area contributed by atoms with E-state index in [1.807, 2.05) is 39.0 Å². The molecule has 0 unspecified atom stereocenters. The number of amidine groups is 1. The van der Waals surface area contributed by atoms with Crippen molar-refractivity contribution in [2.45, 2.75) is 27.4 Å². The predicted molar refractivity (Wildman–Crippen MR) is 123 cm³/mol. The van der Waals surface area contributed by atoms with Crippen molar-refractivity contribution < 1.29 is 9.53 Å². The van der Waals surface area contributed by atoms with Crippen molar-refractivity contribution in [3.8, 4) is 5.75 Å². The van der Waals surface area contributed by atoms with Crippen LogP contribution in [0, 0.1) is 6.92 Å². The van der Waals surface area contributed by atoms with Crippen molar-refractivity contribution in [2.75, 3.05) is 13.1 Å². The van der Waals surface area contributed by atoms with Crippen LogP contribution in [0.2, 0.25) is 10.0 Å². The largest absolute Gasteiger partial charge is 0.486 e. The summed E-state index contributed by atoms with van der Waals surface area (Å²) in [6, 6.07) is 11.6. The number of hydrogen-bond acceptors (Lipinski definition) is 4. The minimum atomic E-state index is -0.0586. The van der Waals surface area contributed by atoms with Crippen LogP contribution in [-0.4, -0.2) is 29.1 Å². The molecule has 1 saturated heterocycles. The van der Waals surface area contributed by atoms with E-state index in [9.17, 15) is 4.79 Å². The van der Waals surface area contributed by atoms with E-state index in [1.54, 1.807) is 23.1 Å². The van der Waals surface area contributed by atoms with Crippen molar-refractivity contribution in [3.63, 3.8) is 0 Å². The van der Waals surface area contributed by atoms with Gasteiger partial charge < -0.3 is 4.74 Å². The van der Waals surface area contributed by atoms with Gasteiger partial charge >= 0.3 is 0 Å². The number of thioether (sulfide) groups is 1. The number of hydrogen-bond donors (Lipinski definition) is 0. The van der Waals surface area contributed by atoms with Crippen LogP contribution >= 0.6 is 35.0 Å². The molecule has 2 aromatic rings. The van der Waals surface area contributed by atoms with E-state index in [0.29, 0.717) is 40.4 Å². The first-order chi connectivity index (χ1) is 13.9. The van der Waals surface area contributed by atoms with Crippen LogP contribution in [0.5, 0.6) is 5.75 Å². The van der Waals surface area contributed by atoms with Gasteiger partial charge in [0.25, 0.3) is 5.91 Å². The average Bonchev–Trinajstić information content (AvgIpc) is 2.96. The lowest BCUT2D eigenvalue weighted by Gasteiger charge is -2.12. The second-order valence-corrected chi connectivity index (χ2v) is 8.33. The van der Waals surface area contributed by atoms with Crippen LogP contribution in [0.4, 0.5) is 0 Å². The number of carbonyl (C=O) groups excluding carboxylic acids is 1. The topological polar surface area (TPSA) is 41.9 Å². The summed E-state index contributed by atoms with van der Waals surface area (Å²) in [5.74, 6) is 0.377. The third-order valence-electron chi connectivity index (χ3n) is 4.28. The number of aliphatic imine (C=N–C) groups is 1. The van der Waals surface area contributed by atoms with E-state index in [-0.39, 0.29) is 5.91 Å². The number of likely N-dealkylation sites (N-methyl/N-ethyl adjacent to an activating group) is 1. The van der Waals surface area contributed by atoms with Gasteiger partial charge in [0.05, 0.1) is 15.0 Å². The lowest BCUT2D eigenvalue weighted by molar-refractivity contribution is -0.122. The minimum Gasteiger partial charge on any atom is -0.486 e. The summed E-state index contributed by atoms with van der Waals surface area (Å²) < 4.78 is 5.85. The first-order valence-corrected chi connectivity index (χ1v) is 10.9. The van der Waals surface area contributed by atoms with Gasteiger partial charge in [-0.1, -0.05) is 53.0 Å². The zero-order chi connectivity index (χ0) is 21.0. The zero-order valence-electron chi connectivity index (χ0n) is 16.5. The molecular weight excluding hydrogens is 427 g/mol. The Morgan fingerprint density at radius 2 is 1.90 bits per heavy atom. The van der Waals surface area contributed by atoms with Crippen molar-refractivity contribution >= 4 is 52.1 Å². The lowest BCUT2D eigenvalue weighted by Crippen LogP contribution is -2.28. The Hall–Kier alpha value is -1.95. The number of amides is 1. The molecule has 2 aromatic carbocycles. The highest BCUT2D eigenvalue weighted by molar-refractivity contribution is 8.18. The molecule has 0 aromatic heterocycles. The summed E-state index contributed by atoms with van der Waals surface area (Å²) >= 11 is 14.2. The fraction of sp³-hybridized carbons (Fsp3) is 0.273. The Morgan fingerprint density at radius 1 is 1.17 bits per heavy atom. The molecule has 7 heteroatoms. The van der Waals surface area contributed by atoms with Gasteiger partial charge in [0.2, 0.25) is 0 Å². The molecule has 0 bridgehead atoms. The summed E-state index contributed by atoms with van der Waals surface area (Å²) in [5.41, 5.74) is 2.95. The number of ether oxygens (including phenoxy) is 1. The molecule has 0 aliphatic carbocycles. The summed E-state index contributed by atoms with van der Waals surface area (Å²) in [6.45, 7) is 7.49. The maximum atomic E-state index is 12.6. The van der Waals surface area contributed by atoms with Crippen LogP contribution < -0.4 is 4.74 Å². The Bertz CT molecular complexity index is 966. The van der Waals surface area contributed by atoms with Crippen LogP contribution in [-0.2, 0) is 11.4 Å². The molecule has 0 atom stereocenters. The molecule has 1 amide bonds. The molecule has 0 N–H and O–H groups in total. The van der Waals surface area contributed by atoms with Crippen LogP contribution in [0.3, 0.4) is 0 Å². The molecule has 1 aliphatic heterocycles. The van der Waals surface area contributed by atoms with E-state index < -0.39 is 0 Å². The average molecular weight is 449 g/mol. The fourth-order valence-corrected chi connectivity index (χ4v) is 4.67. The first kappa shape index (κ1) is 21.8. The highest BCUT2D eigenvalue weighted by atomic mass is 35.5. The maximum Gasteiger partial charge on any atom is 0.266 e. The molecule has 4 nitrogen and oxygen atoms in total. The van der Waals surface area contributed by atoms with E-state index >= 15 is 0 Å². The van der Waals surface area contributed by atoms with Crippen molar-refractivity contribution in [3.05, 3.63) is 68.0 Å². The van der Waals surface area contributed by atoms with E-state index in [2.05, 4.69) is 11.1 Å². The molecule has 3 rings (SSSR count). The Morgan fingerprint density at radius 3 is 2.52 bits per heavy atom. The van der Waals surface area contributed by atoms with Gasteiger partial charge in [-0.15, -0.1) is 0 Å². The maximum absolute atomic E-state index is 12.6. The highest BCUT2D eigenvalue weighted by Gasteiger charge is 2.31. The number of halogens is 2. The van der Waals surface area contributed by atoms with Gasteiger partial charge in [-0.25, -0.2) is 0 Å². The predicted octanol–water partition coefficient (Wildman–Crippen LogP) is 6.19. The Labute approximate surface area is 185 Å². The minimum absolute atomic E-state index is 0.0586. The van der Waals surface area contributed by atoms with Crippen LogP contribution in [0.25, 0.3) is 6.08 Å². The smallest absolute Gasteiger partial charge is 0.266 e. The van der Waals surface area contributed by atoms with E-state index in [1.165, 1.54) is 11.8 Å². The summed E-state index contributed by atoms with van der Waals surface area (Å²) in [5, 5.41) is 1.53. The van der Waals surface area contributed by atoms with E-state index in [0.717, 1.165) is 21.9 Å². The third kappa shape index (κ3) is 5.16. The Balaban J connectivity index is 1.81. The molecule has 152 valence electrons. The summed E-state index contributed by atoms with van der Waals surface area (Å²) in [7, 11) is 0. The van der Waals surface area contributed by atoms with Crippen LogP contribution in [0.1, 0.15) is 30.5 Å². The molecule has 0 radical (unpaired) electrons. The van der Waals surface area contributed by atoms with Gasteiger partial charge in [-0.3, -0.25) is 14.7 Å². The Kier molecular flexibility index (Phi) is 7.28. The van der Waals surface area contributed by atoms with Gasteiger partial charge in [-0.2, -0.15) is 0 Å². The molecule has 29 heavy (non-hydrogen) atoms. The number of nitrogens with zero attached hydrogens (tertiary/aromatic N) is 2. The molecule has 0 saturated carbocycles. The van der Waals surface area contributed by atoms with Gasteiger partial charge in [0.1, 0.15) is 6.61 Å². The van der Waals surface area contributed by atoms with Crippen molar-refractivity contribution in [1.29, 1.82) is 0 Å². The van der Waals surface area contributed by atoms with Crippen LogP contribution in [0.15, 0.2) is 46.3 Å². The number of benzene rings is 2. The van der Waals surface area contributed by atoms with Gasteiger partial charge in [0.15, 0.2) is 10.9 Å². The second-order valence-electron chi connectivity index (χ2n) is 6.51. The lowest BCUT2D eigenvalue weighted by atomic mass is 10.1. The molecular formula is C22H22Cl2N2O2S. The first-order valence-electron chi connectivity index (χ1n) is 9.36. The van der Waals surface area contributed by atoms with Crippen molar-refractivity contribution in [1.82, 2.24) is 4.90 Å². The molecule has 1 fully saturated rings. The third-order valence-corrected chi connectivity index (χ3v) is 5.89. The second kappa shape index (κ2) is 9.70. The SMILES string of the molecule is CCN=C1S/C(=C/c2cc(Cl)c(OCc3cccc(C)c3)c(Cl)c2)C(=O)N1CC. The number of carbonyl (C=O) groups is 1. The zero-order valence-corrected chi connectivity index (χ0v) is 18.9. The molecule has 1 aliphatic rings. The quantitative estimate of drug-likeness (QED) is 0.494. The summed E-state index contributed by atoms with van der Waals surface area (Å²) in [4.78, 5) is 19.3. The number of aryl methyl sites for hydroxylation is 1. The van der Waals surface area contributed by atoms with Crippen molar-refractivity contribution in [2.24, 2.45) is 4.99 Å². The highest BCUT2D eigenvalue weighted by Crippen LogP contribution is 2.37. The monoisotopic (exact) mass is 448 g/mol. The number of rotatable bonds is 6. The fourth-order valence-electron chi connectivity index (χ4n) is 2.95. The molecule has 1 heterocycles. The summed E-state index contributed by atoms with van der Waals surface area (Å²) in [6.07, 6.45) is 1.79. The standard InChI is InChI=1S/C22H22Cl2N2O2S/c1-4-25-22-26(5-2)21(27)19(29-22)12-16-10-17(23)20(18(24)11-16)28-13-15-8-6-7-14(3)9-15/h6-12H,4-5,13H2,1-3H3/b19-12+,25-22?. The van der Waals surface area contributed by atoms with Gasteiger partial charge in [-0.05, 0) is 61.9 Å².